The van der Waals surface area contributed by atoms with Crippen LogP contribution in [0.2, 0.25) is 0 Å². The maximum absolute atomic E-state index is 10.9. The molecule has 0 amide bonds. The first-order valence-corrected chi connectivity index (χ1v) is 12.3. The number of quaternary nitrogens is 1. The molecule has 0 aromatic heterocycles. The number of hydrogen-bond donors (Lipinski definition) is 3. The predicted octanol–water partition coefficient (Wildman–Crippen LogP) is 5.32. The van der Waals surface area contributed by atoms with Gasteiger partial charge in [0, 0.05) is 19.3 Å². The Labute approximate surface area is 188 Å². The highest BCUT2D eigenvalue weighted by Crippen LogP contribution is 2.19. The standard InChI is InChI=1S/C24H45NO6/c1-2-3-4-5-6-7-11-18-25(19-12-8-15-22(26)27,20-13-9-16-23(28)29)21-14-10-17-24(30)31/h2-21H2,1H3,(H2-,26,27,28,29,30,31)/p+1. The van der Waals surface area contributed by atoms with Crippen molar-refractivity contribution in [1.82, 2.24) is 0 Å². The van der Waals surface area contributed by atoms with E-state index in [1.54, 1.807) is 0 Å². The molecule has 0 bridgehead atoms. The van der Waals surface area contributed by atoms with E-state index in [1.807, 2.05) is 0 Å². The lowest BCUT2D eigenvalue weighted by atomic mass is 10.1. The zero-order valence-electron chi connectivity index (χ0n) is 19.7. The van der Waals surface area contributed by atoms with Crippen molar-refractivity contribution in [2.45, 2.75) is 110 Å². The van der Waals surface area contributed by atoms with Gasteiger partial charge < -0.3 is 19.8 Å². The van der Waals surface area contributed by atoms with Gasteiger partial charge in [0.05, 0.1) is 26.2 Å². The fourth-order valence-electron chi connectivity index (χ4n) is 4.25. The van der Waals surface area contributed by atoms with E-state index < -0.39 is 17.9 Å². The minimum atomic E-state index is -0.770. The summed E-state index contributed by atoms with van der Waals surface area (Å²) in [4.78, 5) is 32.6. The van der Waals surface area contributed by atoms with Gasteiger partial charge in [-0.3, -0.25) is 14.4 Å². The lowest BCUT2D eigenvalue weighted by Gasteiger charge is -2.39. The fourth-order valence-corrected chi connectivity index (χ4v) is 4.25. The summed E-state index contributed by atoms with van der Waals surface area (Å²) in [7, 11) is 0. The Balaban J connectivity index is 4.85. The summed E-state index contributed by atoms with van der Waals surface area (Å²) in [5.41, 5.74) is 0. The highest BCUT2D eigenvalue weighted by atomic mass is 16.4. The highest BCUT2D eigenvalue weighted by Gasteiger charge is 2.26. The van der Waals surface area contributed by atoms with Crippen LogP contribution < -0.4 is 0 Å². The molecule has 0 unspecified atom stereocenters. The SMILES string of the molecule is CCCCCCCCC[N+](CCCCC(=O)O)(CCCCC(=O)O)CCCCC(=O)O. The molecule has 0 aliphatic rings. The van der Waals surface area contributed by atoms with Gasteiger partial charge in [-0.05, 0) is 51.4 Å². The monoisotopic (exact) mass is 444 g/mol. The molecule has 7 heteroatoms. The van der Waals surface area contributed by atoms with E-state index in [9.17, 15) is 14.4 Å². The van der Waals surface area contributed by atoms with Gasteiger partial charge in [0.15, 0.2) is 0 Å². The summed E-state index contributed by atoms with van der Waals surface area (Å²) in [6.07, 6.45) is 13.6. The van der Waals surface area contributed by atoms with Crippen LogP contribution in [0.5, 0.6) is 0 Å². The summed E-state index contributed by atoms with van der Waals surface area (Å²) in [6, 6.07) is 0. The normalized spacial score (nSPS) is 11.5. The van der Waals surface area contributed by atoms with Crippen LogP contribution in [0.15, 0.2) is 0 Å². The second kappa shape index (κ2) is 19.1. The number of unbranched alkanes of at least 4 members (excludes halogenated alkanes) is 9. The van der Waals surface area contributed by atoms with Gasteiger partial charge in [-0.15, -0.1) is 0 Å². The largest absolute Gasteiger partial charge is 0.481 e. The van der Waals surface area contributed by atoms with Gasteiger partial charge in [0.25, 0.3) is 0 Å². The predicted molar refractivity (Wildman–Crippen MR) is 122 cm³/mol. The van der Waals surface area contributed by atoms with E-state index in [-0.39, 0.29) is 19.3 Å². The van der Waals surface area contributed by atoms with Crippen LogP contribution in [0.4, 0.5) is 0 Å². The van der Waals surface area contributed by atoms with E-state index in [0.29, 0.717) is 19.3 Å². The first-order chi connectivity index (χ1) is 14.8. The Morgan fingerprint density at radius 1 is 0.484 bits per heavy atom. The molecule has 182 valence electrons. The molecule has 0 rings (SSSR count). The number of carboxylic acids is 3. The molecular formula is C24H46NO6+. The zero-order chi connectivity index (χ0) is 23.4. The molecule has 0 aromatic rings. The number of carbonyl (C=O) groups is 3. The van der Waals surface area contributed by atoms with Crippen molar-refractivity contribution < 1.29 is 34.2 Å². The number of rotatable bonds is 23. The van der Waals surface area contributed by atoms with E-state index in [2.05, 4.69) is 6.92 Å². The first-order valence-electron chi connectivity index (χ1n) is 12.3. The first kappa shape index (κ1) is 29.4. The topological polar surface area (TPSA) is 112 Å². The molecule has 0 saturated heterocycles. The Morgan fingerprint density at radius 3 is 1.10 bits per heavy atom. The number of aliphatic carboxylic acids is 3. The summed E-state index contributed by atoms with van der Waals surface area (Å²) in [5, 5.41) is 26.8. The van der Waals surface area contributed by atoms with Gasteiger partial charge in [0.2, 0.25) is 0 Å². The smallest absolute Gasteiger partial charge is 0.303 e. The van der Waals surface area contributed by atoms with Crippen molar-refractivity contribution in [2.75, 3.05) is 26.2 Å². The molecule has 0 spiro atoms. The van der Waals surface area contributed by atoms with Crippen LogP contribution in [0.25, 0.3) is 0 Å². The Kier molecular flexibility index (Phi) is 18.1. The van der Waals surface area contributed by atoms with Crippen LogP contribution in [0, 0.1) is 0 Å². The van der Waals surface area contributed by atoms with Gasteiger partial charge in [-0.2, -0.15) is 0 Å². The van der Waals surface area contributed by atoms with Crippen molar-refractivity contribution in [2.24, 2.45) is 0 Å². The summed E-state index contributed by atoms with van der Waals surface area (Å²) in [6.45, 7) is 5.90. The molecule has 0 aliphatic heterocycles. The van der Waals surface area contributed by atoms with Gasteiger partial charge in [0.1, 0.15) is 0 Å². The van der Waals surface area contributed by atoms with Crippen LogP contribution in [0.3, 0.4) is 0 Å². The minimum Gasteiger partial charge on any atom is -0.481 e. The molecule has 0 aliphatic carbocycles. The highest BCUT2D eigenvalue weighted by molar-refractivity contribution is 5.67. The minimum absolute atomic E-state index is 0.176. The van der Waals surface area contributed by atoms with E-state index >= 15 is 0 Å². The molecule has 0 heterocycles. The summed E-state index contributed by atoms with van der Waals surface area (Å²) >= 11 is 0. The molecule has 0 fully saturated rings. The molecular weight excluding hydrogens is 398 g/mol. The molecule has 0 atom stereocenters. The Hall–Kier alpha value is -1.63. The molecule has 0 aromatic carbocycles. The van der Waals surface area contributed by atoms with Crippen molar-refractivity contribution in [3.8, 4) is 0 Å². The maximum Gasteiger partial charge on any atom is 0.303 e. The van der Waals surface area contributed by atoms with Crippen molar-refractivity contribution in [3.05, 3.63) is 0 Å². The zero-order valence-corrected chi connectivity index (χ0v) is 19.7. The second-order valence-electron chi connectivity index (χ2n) is 8.91. The molecule has 31 heavy (non-hydrogen) atoms. The molecule has 3 N–H and O–H groups in total. The van der Waals surface area contributed by atoms with E-state index in [1.165, 1.54) is 38.5 Å². The third-order valence-corrected chi connectivity index (χ3v) is 6.06. The van der Waals surface area contributed by atoms with Crippen molar-refractivity contribution in [1.29, 1.82) is 0 Å². The number of nitrogens with zero attached hydrogens (tertiary/aromatic N) is 1. The van der Waals surface area contributed by atoms with Crippen LogP contribution >= 0.6 is 0 Å². The second-order valence-corrected chi connectivity index (χ2v) is 8.91. The maximum atomic E-state index is 10.9. The average Bonchev–Trinajstić information content (AvgIpc) is 2.70. The van der Waals surface area contributed by atoms with Crippen molar-refractivity contribution >= 4 is 17.9 Å². The van der Waals surface area contributed by atoms with Crippen LogP contribution in [-0.2, 0) is 14.4 Å². The lowest BCUT2D eigenvalue weighted by molar-refractivity contribution is -0.929. The Morgan fingerprint density at radius 2 is 0.774 bits per heavy atom. The van der Waals surface area contributed by atoms with Gasteiger partial charge in [-0.25, -0.2) is 0 Å². The van der Waals surface area contributed by atoms with Crippen LogP contribution in [0.1, 0.15) is 110 Å². The van der Waals surface area contributed by atoms with Gasteiger partial charge in [-0.1, -0.05) is 39.0 Å². The molecule has 0 radical (unpaired) electrons. The third kappa shape index (κ3) is 18.8. The quantitative estimate of drug-likeness (QED) is 0.145. The third-order valence-electron chi connectivity index (χ3n) is 6.06. The fraction of sp³-hybridized carbons (Fsp3) is 0.875. The average molecular weight is 445 g/mol. The lowest BCUT2D eigenvalue weighted by Crippen LogP contribution is -2.51. The van der Waals surface area contributed by atoms with Crippen LogP contribution in [-0.4, -0.2) is 63.9 Å². The summed E-state index contributed by atoms with van der Waals surface area (Å²) < 4.78 is 0.869. The van der Waals surface area contributed by atoms with E-state index in [0.717, 1.165) is 56.3 Å². The summed E-state index contributed by atoms with van der Waals surface area (Å²) in [5.74, 6) is -2.31. The number of hydrogen-bond acceptors (Lipinski definition) is 3. The molecule has 7 nitrogen and oxygen atoms in total. The number of carboxylic acid groups (broad SMARTS) is 3. The van der Waals surface area contributed by atoms with Gasteiger partial charge >= 0.3 is 17.9 Å². The van der Waals surface area contributed by atoms with E-state index in [4.69, 9.17) is 15.3 Å². The molecule has 0 saturated carbocycles. The van der Waals surface area contributed by atoms with Crippen molar-refractivity contribution in [3.63, 3.8) is 0 Å². The Bertz CT molecular complexity index is 439.